The summed E-state index contributed by atoms with van der Waals surface area (Å²) in [4.78, 5) is 44.0. The van der Waals surface area contributed by atoms with E-state index in [2.05, 4.69) is 135 Å². The molecule has 0 spiro atoms. The van der Waals surface area contributed by atoms with Crippen LogP contribution in [-0.2, 0) is 5.41 Å². The Morgan fingerprint density at radius 2 is 0.954 bits per heavy atom. The van der Waals surface area contributed by atoms with E-state index in [1.165, 1.54) is 98.3 Å². The molecule has 2 aliphatic rings. The van der Waals surface area contributed by atoms with Crippen LogP contribution in [0, 0.1) is 17.3 Å². The largest absolute Gasteiger partial charge is 0.311 e. The molecule has 0 fully saturated rings. The fourth-order valence-corrected chi connectivity index (χ4v) is 14.7. The second-order valence-electron chi connectivity index (χ2n) is 20.4. The van der Waals surface area contributed by atoms with E-state index in [0.29, 0.717) is 24.9 Å². The average Bonchev–Trinajstić information content (AvgIpc) is 4.15. The number of amides is 2. The number of nitrogens with zero attached hydrogens (tertiary/aromatic N) is 2. The van der Waals surface area contributed by atoms with Crippen molar-refractivity contribution in [3.63, 3.8) is 0 Å². The Labute approximate surface area is 407 Å². The fraction of sp³-hybridized carbons (Fsp3) is 0.544. The minimum atomic E-state index is -0.160. The third-order valence-electron chi connectivity index (χ3n) is 14.3. The number of fused-ring (bicyclic) bond motifs is 2. The van der Waals surface area contributed by atoms with Gasteiger partial charge in [0.15, 0.2) is 0 Å². The first-order valence-electron chi connectivity index (χ1n) is 25.2. The number of carbonyl (C=O) groups is 2. The second-order valence-corrected chi connectivity index (χ2v) is 24.8. The zero-order chi connectivity index (χ0) is 46.5. The monoisotopic (exact) mass is 948 g/mol. The number of thiophene rings is 4. The summed E-state index contributed by atoms with van der Waals surface area (Å²) in [6.07, 6.45) is 17.6. The van der Waals surface area contributed by atoms with E-state index >= 15 is 0 Å². The molecule has 7 rings (SSSR count). The van der Waals surface area contributed by atoms with Gasteiger partial charge < -0.3 is 9.80 Å². The van der Waals surface area contributed by atoms with Crippen molar-refractivity contribution in [1.82, 2.24) is 9.80 Å². The van der Waals surface area contributed by atoms with Gasteiger partial charge in [-0.15, -0.1) is 45.3 Å². The molecule has 2 amide bonds. The van der Waals surface area contributed by atoms with E-state index in [0.717, 1.165) is 69.9 Å². The van der Waals surface area contributed by atoms with Crippen molar-refractivity contribution in [1.29, 1.82) is 0 Å². The summed E-state index contributed by atoms with van der Waals surface area (Å²) < 4.78 is 0. The Hall–Kier alpha value is -3.30. The van der Waals surface area contributed by atoms with Crippen LogP contribution in [0.3, 0.4) is 0 Å². The van der Waals surface area contributed by atoms with Gasteiger partial charge in [0.05, 0.1) is 10.6 Å². The molecule has 0 radical (unpaired) electrons. The van der Waals surface area contributed by atoms with Crippen LogP contribution in [0.2, 0.25) is 0 Å². The molecule has 8 heteroatoms. The molecule has 0 saturated carbocycles. The molecule has 0 saturated heterocycles. The van der Waals surface area contributed by atoms with Gasteiger partial charge >= 0.3 is 0 Å². The molecular formula is C57H76N2O2S4. The number of rotatable bonds is 25. The molecule has 0 bridgehead atoms. The predicted octanol–water partition coefficient (Wildman–Crippen LogP) is 16.6. The Morgan fingerprint density at radius 1 is 0.492 bits per heavy atom. The molecule has 0 aliphatic carbocycles. The topological polar surface area (TPSA) is 40.6 Å². The fourth-order valence-electron chi connectivity index (χ4n) is 10.1. The number of carbonyl (C=O) groups excluding carboxylic acids is 2. The third kappa shape index (κ3) is 10.7. The van der Waals surface area contributed by atoms with Crippen molar-refractivity contribution < 1.29 is 9.59 Å². The number of hydrogen-bond donors (Lipinski definition) is 0. The molecule has 6 heterocycles. The van der Waals surface area contributed by atoms with Gasteiger partial charge in [0.2, 0.25) is 0 Å². The highest BCUT2D eigenvalue weighted by Crippen LogP contribution is 2.47. The molecule has 0 N–H and O–H groups in total. The number of benzene rings is 1. The third-order valence-corrected chi connectivity index (χ3v) is 19.6. The quantitative estimate of drug-likeness (QED) is 0.0547. The van der Waals surface area contributed by atoms with E-state index in [-0.39, 0.29) is 22.6 Å². The molecule has 2 aliphatic heterocycles. The van der Waals surface area contributed by atoms with Crippen LogP contribution in [0.4, 0.5) is 0 Å². The van der Waals surface area contributed by atoms with Crippen LogP contribution in [-0.4, -0.2) is 34.7 Å². The van der Waals surface area contributed by atoms with Crippen LogP contribution in [0.25, 0.3) is 40.7 Å². The molecule has 65 heavy (non-hydrogen) atoms. The maximum absolute atomic E-state index is 14.8. The molecule has 350 valence electrons. The zero-order valence-corrected chi connectivity index (χ0v) is 44.6. The summed E-state index contributed by atoms with van der Waals surface area (Å²) in [6, 6.07) is 22.6. The van der Waals surface area contributed by atoms with E-state index in [4.69, 9.17) is 0 Å². The van der Waals surface area contributed by atoms with E-state index in [9.17, 15) is 9.59 Å². The lowest BCUT2D eigenvalue weighted by molar-refractivity contribution is 0.0816. The van der Waals surface area contributed by atoms with E-state index in [1.54, 1.807) is 11.3 Å². The summed E-state index contributed by atoms with van der Waals surface area (Å²) in [7, 11) is 0. The average molecular weight is 950 g/mol. The maximum atomic E-state index is 14.8. The lowest BCUT2D eigenvalue weighted by atomic mass is 9.77. The smallest absolute Gasteiger partial charge is 0.259 e. The van der Waals surface area contributed by atoms with Gasteiger partial charge in [0.25, 0.3) is 11.8 Å². The Morgan fingerprint density at radius 3 is 1.52 bits per heavy atom. The van der Waals surface area contributed by atoms with Gasteiger partial charge in [-0.1, -0.05) is 127 Å². The lowest BCUT2D eigenvalue weighted by Crippen LogP contribution is -2.35. The summed E-state index contributed by atoms with van der Waals surface area (Å²) in [5.74, 6) is 1.11. The van der Waals surface area contributed by atoms with Gasteiger partial charge in [0, 0.05) is 85.3 Å². The van der Waals surface area contributed by atoms with Crippen molar-refractivity contribution in [2.75, 3.05) is 13.1 Å². The van der Waals surface area contributed by atoms with Gasteiger partial charge in [-0.05, 0) is 111 Å². The van der Waals surface area contributed by atoms with Crippen LogP contribution in [0.1, 0.15) is 196 Å². The molecule has 5 aromatic rings. The lowest BCUT2D eigenvalue weighted by Gasteiger charge is -2.36. The minimum Gasteiger partial charge on any atom is -0.311 e. The highest BCUT2D eigenvalue weighted by Gasteiger charge is 2.41. The Kier molecular flexibility index (Phi) is 16.6. The molecular weight excluding hydrogens is 873 g/mol. The van der Waals surface area contributed by atoms with E-state index in [1.807, 2.05) is 38.9 Å². The Bertz CT molecular complexity index is 2550. The number of hydrogen-bond acceptors (Lipinski definition) is 6. The van der Waals surface area contributed by atoms with Gasteiger partial charge in [-0.2, -0.15) is 0 Å². The summed E-state index contributed by atoms with van der Waals surface area (Å²) >= 11 is 7.50. The minimum absolute atomic E-state index is 0.0654. The normalized spacial score (nSPS) is 15.8. The first-order valence-corrected chi connectivity index (χ1v) is 28.5. The van der Waals surface area contributed by atoms with E-state index < -0.39 is 0 Å². The summed E-state index contributed by atoms with van der Waals surface area (Å²) in [5.41, 5.74) is 3.71. The predicted molar refractivity (Wildman–Crippen MR) is 285 cm³/mol. The molecule has 4 aromatic heterocycles. The molecule has 4 nitrogen and oxygen atoms in total. The highest BCUT2D eigenvalue weighted by molar-refractivity contribution is 7.28. The zero-order valence-electron chi connectivity index (χ0n) is 41.3. The van der Waals surface area contributed by atoms with Crippen molar-refractivity contribution >= 4 is 68.6 Å². The first-order chi connectivity index (χ1) is 31.2. The summed E-state index contributed by atoms with van der Waals surface area (Å²) in [6.45, 7) is 24.3. The SMILES string of the molecule is CCCCCCCCC(C)(CC)C1=c2cc3c(cc2C(=O)N1CCC(C)C)=C(c1ccc(-c2ccc(-c4ccc(-c5ccc(C(C)(CCC)CCCC)s5)s4)s2)s1)N(CCC(C)C)C3=O. The van der Waals surface area contributed by atoms with Crippen molar-refractivity contribution in [2.24, 2.45) is 17.3 Å². The second kappa shape index (κ2) is 21.8. The first kappa shape index (κ1) is 49.6. The van der Waals surface area contributed by atoms with Crippen molar-refractivity contribution in [3.8, 4) is 29.3 Å². The maximum Gasteiger partial charge on any atom is 0.259 e. The summed E-state index contributed by atoms with van der Waals surface area (Å²) in [5, 5.41) is 1.90. The molecule has 1 aromatic carbocycles. The standard InChI is InChI=1S/C57H76N2O2S4/c1-11-15-17-18-19-20-33-56(9,14-4)53-41-37-42-40(36-43(41)55(61)59(53)35-30-39(7)8)52(58(54(42)60)34-29-38(5)6)50-26-25-47(64-50)46-22-21-44(62-46)45-23-24-48(63-45)49-27-28-51(65-49)57(10,31-13-3)32-16-12-2/h21-28,36-39H,11-20,29-35H2,1-10H3. The van der Waals surface area contributed by atoms with Crippen LogP contribution >= 0.6 is 45.3 Å². The van der Waals surface area contributed by atoms with Gasteiger partial charge in [-0.3, -0.25) is 9.59 Å². The van der Waals surface area contributed by atoms with Crippen molar-refractivity contribution in [2.45, 2.75) is 171 Å². The van der Waals surface area contributed by atoms with Crippen LogP contribution in [0.5, 0.6) is 0 Å². The van der Waals surface area contributed by atoms with Crippen LogP contribution < -0.4 is 10.4 Å². The van der Waals surface area contributed by atoms with Crippen molar-refractivity contribution in [3.05, 3.63) is 92.0 Å². The molecule has 2 unspecified atom stereocenters. The van der Waals surface area contributed by atoms with Gasteiger partial charge in [0.1, 0.15) is 0 Å². The highest BCUT2D eigenvalue weighted by atomic mass is 32.1. The Balaban J connectivity index is 1.23. The van der Waals surface area contributed by atoms with Gasteiger partial charge in [-0.25, -0.2) is 0 Å². The number of unbranched alkanes of at least 4 members (excludes halogenated alkanes) is 6. The molecule has 2 atom stereocenters. The van der Waals surface area contributed by atoms with Crippen LogP contribution in [0.15, 0.2) is 60.7 Å².